The molecule has 1 aliphatic rings. The smallest absolute Gasteiger partial charge is 0.0842 e. The first-order valence-electron chi connectivity index (χ1n) is 7.06. The fraction of sp³-hybridized carbons (Fsp3) is 0.846. The average Bonchev–Trinajstić information content (AvgIpc) is 2.84. The minimum atomic E-state index is 0.504. The van der Waals surface area contributed by atoms with Crippen LogP contribution in [0.25, 0.3) is 0 Å². The van der Waals surface area contributed by atoms with Gasteiger partial charge in [0.15, 0.2) is 0 Å². The zero-order chi connectivity index (χ0) is 13.7. The van der Waals surface area contributed by atoms with Gasteiger partial charge in [-0.05, 0) is 13.0 Å². The number of likely N-dealkylation sites (N-methyl/N-ethyl adjacent to an activating group) is 1. The molecule has 3 atom stereocenters. The van der Waals surface area contributed by atoms with Crippen LogP contribution in [0.3, 0.4) is 0 Å². The van der Waals surface area contributed by atoms with Crippen molar-refractivity contribution in [3.8, 4) is 0 Å². The maximum Gasteiger partial charge on any atom is 0.0842 e. The standard InChI is InChI=1S/C13H24N4S2/c1-4-12-13(19-7-6-18-12)11(14-5-2)8-10-9-17(3)16-15-10/h9,11-14H,4-8H2,1-3H3. The second-order valence-corrected chi connectivity index (χ2v) is 7.54. The second kappa shape index (κ2) is 7.55. The van der Waals surface area contributed by atoms with E-state index >= 15 is 0 Å². The van der Waals surface area contributed by atoms with Crippen LogP contribution in [0.5, 0.6) is 0 Å². The fourth-order valence-electron chi connectivity index (χ4n) is 2.59. The Labute approximate surface area is 124 Å². The fourth-order valence-corrected chi connectivity index (χ4v) is 5.86. The first kappa shape index (κ1) is 15.2. The minimum Gasteiger partial charge on any atom is -0.313 e. The van der Waals surface area contributed by atoms with Gasteiger partial charge in [-0.1, -0.05) is 19.1 Å². The van der Waals surface area contributed by atoms with Crippen LogP contribution in [0.4, 0.5) is 0 Å². The highest BCUT2D eigenvalue weighted by atomic mass is 32.2. The normalized spacial score (nSPS) is 25.4. The third kappa shape index (κ3) is 4.13. The lowest BCUT2D eigenvalue weighted by atomic mass is 10.0. The number of nitrogens with zero attached hydrogens (tertiary/aromatic N) is 3. The van der Waals surface area contributed by atoms with E-state index in [1.807, 2.05) is 13.2 Å². The van der Waals surface area contributed by atoms with Crippen LogP contribution in [0.1, 0.15) is 26.0 Å². The monoisotopic (exact) mass is 300 g/mol. The predicted octanol–water partition coefficient (Wildman–Crippen LogP) is 1.96. The summed E-state index contributed by atoms with van der Waals surface area (Å²) in [6.45, 7) is 5.51. The molecular formula is C13H24N4S2. The minimum absolute atomic E-state index is 0.504. The third-order valence-corrected chi connectivity index (χ3v) is 6.84. The van der Waals surface area contributed by atoms with Crippen molar-refractivity contribution in [3.63, 3.8) is 0 Å². The van der Waals surface area contributed by atoms with Gasteiger partial charge in [0.1, 0.15) is 0 Å². The van der Waals surface area contributed by atoms with Crippen molar-refractivity contribution >= 4 is 23.5 Å². The molecule has 1 fully saturated rings. The summed E-state index contributed by atoms with van der Waals surface area (Å²) in [4.78, 5) is 0. The second-order valence-electron chi connectivity index (χ2n) is 4.90. The first-order chi connectivity index (χ1) is 9.24. The van der Waals surface area contributed by atoms with Gasteiger partial charge in [0.2, 0.25) is 0 Å². The zero-order valence-electron chi connectivity index (χ0n) is 12.0. The highest BCUT2D eigenvalue weighted by Crippen LogP contribution is 2.35. The van der Waals surface area contributed by atoms with Crippen molar-refractivity contribution in [1.82, 2.24) is 20.3 Å². The molecule has 0 aliphatic carbocycles. The van der Waals surface area contributed by atoms with Crippen molar-refractivity contribution < 1.29 is 0 Å². The van der Waals surface area contributed by atoms with Crippen LogP contribution in [-0.2, 0) is 13.5 Å². The Bertz CT molecular complexity index is 382. The van der Waals surface area contributed by atoms with E-state index in [1.165, 1.54) is 17.9 Å². The lowest BCUT2D eigenvalue weighted by Gasteiger charge is -2.36. The number of hydrogen-bond donors (Lipinski definition) is 1. The molecule has 2 rings (SSSR count). The van der Waals surface area contributed by atoms with Crippen LogP contribution >= 0.6 is 23.5 Å². The summed E-state index contributed by atoms with van der Waals surface area (Å²) in [7, 11) is 1.93. The van der Waals surface area contributed by atoms with Gasteiger partial charge in [0, 0.05) is 47.7 Å². The van der Waals surface area contributed by atoms with Crippen LogP contribution in [0, 0.1) is 0 Å². The molecule has 3 unspecified atom stereocenters. The highest BCUT2D eigenvalue weighted by molar-refractivity contribution is 8.07. The summed E-state index contributed by atoms with van der Waals surface area (Å²) in [6, 6.07) is 0.504. The molecule has 0 radical (unpaired) electrons. The van der Waals surface area contributed by atoms with E-state index in [0.29, 0.717) is 11.3 Å². The largest absolute Gasteiger partial charge is 0.313 e. The molecule has 1 aliphatic heterocycles. The van der Waals surface area contributed by atoms with Crippen molar-refractivity contribution in [2.24, 2.45) is 7.05 Å². The number of nitrogens with one attached hydrogen (secondary N) is 1. The van der Waals surface area contributed by atoms with E-state index in [0.717, 1.165) is 23.9 Å². The molecule has 0 aromatic carbocycles. The highest BCUT2D eigenvalue weighted by Gasteiger charge is 2.32. The molecule has 0 saturated carbocycles. The summed E-state index contributed by atoms with van der Waals surface area (Å²) in [5.41, 5.74) is 1.10. The van der Waals surface area contributed by atoms with Gasteiger partial charge in [-0.2, -0.15) is 23.5 Å². The topological polar surface area (TPSA) is 42.7 Å². The lowest BCUT2D eigenvalue weighted by molar-refractivity contribution is 0.486. The van der Waals surface area contributed by atoms with Crippen LogP contribution in [0.15, 0.2) is 6.20 Å². The number of aryl methyl sites for hydroxylation is 1. The molecule has 4 nitrogen and oxygen atoms in total. The zero-order valence-corrected chi connectivity index (χ0v) is 13.6. The Balaban J connectivity index is 2.05. The van der Waals surface area contributed by atoms with Crippen molar-refractivity contribution in [2.45, 2.75) is 43.2 Å². The van der Waals surface area contributed by atoms with Crippen molar-refractivity contribution in [1.29, 1.82) is 0 Å². The molecule has 0 bridgehead atoms. The quantitative estimate of drug-likeness (QED) is 0.870. The van der Waals surface area contributed by atoms with Crippen LogP contribution < -0.4 is 5.32 Å². The van der Waals surface area contributed by atoms with Crippen LogP contribution in [-0.4, -0.2) is 49.6 Å². The Kier molecular flexibility index (Phi) is 6.04. The van der Waals surface area contributed by atoms with Crippen LogP contribution in [0.2, 0.25) is 0 Å². The maximum absolute atomic E-state index is 4.24. The molecule has 1 saturated heterocycles. The Hall–Kier alpha value is -0.200. The van der Waals surface area contributed by atoms with E-state index in [4.69, 9.17) is 0 Å². The van der Waals surface area contributed by atoms with Crippen molar-refractivity contribution in [2.75, 3.05) is 18.1 Å². The van der Waals surface area contributed by atoms with Gasteiger partial charge in [-0.25, -0.2) is 0 Å². The molecule has 1 N–H and O–H groups in total. The van der Waals surface area contributed by atoms with Gasteiger partial charge in [-0.3, -0.25) is 4.68 Å². The summed E-state index contributed by atoms with van der Waals surface area (Å²) < 4.78 is 1.79. The van der Waals surface area contributed by atoms with E-state index < -0.39 is 0 Å². The molecule has 108 valence electrons. The summed E-state index contributed by atoms with van der Waals surface area (Å²) in [5.74, 6) is 2.57. The van der Waals surface area contributed by atoms with E-state index in [-0.39, 0.29) is 0 Å². The summed E-state index contributed by atoms with van der Waals surface area (Å²) >= 11 is 4.27. The lowest BCUT2D eigenvalue weighted by Crippen LogP contribution is -2.46. The summed E-state index contributed by atoms with van der Waals surface area (Å²) in [6.07, 6.45) is 4.27. The van der Waals surface area contributed by atoms with E-state index in [1.54, 1.807) is 4.68 Å². The molecule has 1 aromatic heterocycles. The number of hydrogen-bond acceptors (Lipinski definition) is 5. The first-order valence-corrected chi connectivity index (χ1v) is 9.16. The van der Waals surface area contributed by atoms with Gasteiger partial charge in [0.25, 0.3) is 0 Å². The van der Waals surface area contributed by atoms with Gasteiger partial charge < -0.3 is 5.32 Å². The van der Waals surface area contributed by atoms with E-state index in [9.17, 15) is 0 Å². The van der Waals surface area contributed by atoms with Crippen molar-refractivity contribution in [3.05, 3.63) is 11.9 Å². The average molecular weight is 300 g/mol. The Morgan fingerprint density at radius 2 is 2.21 bits per heavy atom. The Morgan fingerprint density at radius 1 is 1.42 bits per heavy atom. The van der Waals surface area contributed by atoms with Gasteiger partial charge >= 0.3 is 0 Å². The number of thioether (sulfide) groups is 2. The number of rotatable bonds is 6. The van der Waals surface area contributed by atoms with Gasteiger partial charge in [0.05, 0.1) is 5.69 Å². The molecule has 0 amide bonds. The van der Waals surface area contributed by atoms with E-state index in [2.05, 4.69) is 53.0 Å². The maximum atomic E-state index is 4.24. The third-order valence-electron chi connectivity index (χ3n) is 3.44. The van der Waals surface area contributed by atoms with Gasteiger partial charge in [-0.15, -0.1) is 5.10 Å². The Morgan fingerprint density at radius 3 is 2.84 bits per heavy atom. The molecule has 2 heterocycles. The molecule has 1 aromatic rings. The number of aromatic nitrogens is 3. The molecule has 0 spiro atoms. The molecular weight excluding hydrogens is 276 g/mol. The molecule has 19 heavy (non-hydrogen) atoms. The predicted molar refractivity (Wildman–Crippen MR) is 85.0 cm³/mol. The SMILES string of the molecule is CCNC(Cc1cn(C)nn1)C1SCCSC1CC. The summed E-state index contributed by atoms with van der Waals surface area (Å²) in [5, 5.41) is 13.4. The molecule has 6 heteroatoms.